The lowest BCUT2D eigenvalue weighted by atomic mass is 10.1. The molecule has 6 nitrogen and oxygen atoms in total. The Bertz CT molecular complexity index is 512. The Morgan fingerprint density at radius 3 is 2.37 bits per heavy atom. The first-order valence-electron chi connectivity index (χ1n) is 6.00. The number of carbonyl (C=O) groups excluding carboxylic acids is 1. The number of sulfonamides is 1. The van der Waals surface area contributed by atoms with Crippen LogP contribution >= 0.6 is 0 Å². The normalized spacial score (nSPS) is 11.3. The number of carbonyl (C=O) groups is 1. The third-order valence-corrected chi connectivity index (χ3v) is 3.40. The molecule has 0 fully saturated rings. The molecule has 0 saturated carbocycles. The number of hydrogen-bond donors (Lipinski definition) is 3. The molecular weight excluding hydrogens is 266 g/mol. The number of nitrogens with two attached hydrogens (primary N) is 2. The van der Waals surface area contributed by atoms with Gasteiger partial charge in [0.05, 0.1) is 5.75 Å². The van der Waals surface area contributed by atoms with Gasteiger partial charge in [0.25, 0.3) is 5.91 Å². The van der Waals surface area contributed by atoms with Crippen LogP contribution < -0.4 is 16.2 Å². The highest BCUT2D eigenvalue weighted by Crippen LogP contribution is 2.04. The lowest BCUT2D eigenvalue weighted by Crippen LogP contribution is -2.27. The van der Waals surface area contributed by atoms with Crippen molar-refractivity contribution in [3.05, 3.63) is 35.4 Å². The summed E-state index contributed by atoms with van der Waals surface area (Å²) in [6, 6.07) is 7.15. The van der Waals surface area contributed by atoms with Crippen LogP contribution in [0.5, 0.6) is 0 Å². The highest BCUT2D eigenvalue weighted by atomic mass is 32.2. The molecule has 0 saturated heterocycles. The summed E-state index contributed by atoms with van der Waals surface area (Å²) in [4.78, 5) is 11.7. The molecule has 19 heavy (non-hydrogen) atoms. The van der Waals surface area contributed by atoms with Crippen molar-refractivity contribution >= 4 is 15.9 Å². The zero-order valence-corrected chi connectivity index (χ0v) is 11.4. The van der Waals surface area contributed by atoms with Gasteiger partial charge in [-0.25, -0.2) is 13.6 Å². The molecule has 0 heterocycles. The minimum atomic E-state index is -3.46. The molecule has 0 aromatic heterocycles. The van der Waals surface area contributed by atoms with Crippen molar-refractivity contribution < 1.29 is 13.2 Å². The van der Waals surface area contributed by atoms with Crippen molar-refractivity contribution in [2.75, 3.05) is 18.8 Å². The van der Waals surface area contributed by atoms with Crippen LogP contribution in [0.2, 0.25) is 0 Å². The number of primary sulfonamides is 1. The van der Waals surface area contributed by atoms with E-state index in [2.05, 4.69) is 5.32 Å². The molecule has 0 aliphatic carbocycles. The molecule has 0 aliphatic heterocycles. The summed E-state index contributed by atoms with van der Waals surface area (Å²) in [6.45, 7) is 0.846. The first-order valence-corrected chi connectivity index (χ1v) is 7.71. The lowest BCUT2D eigenvalue weighted by Gasteiger charge is -2.05. The summed E-state index contributed by atoms with van der Waals surface area (Å²) in [7, 11) is -3.46. The molecule has 0 unspecified atom stereocenters. The van der Waals surface area contributed by atoms with Gasteiger partial charge in [0.1, 0.15) is 0 Å². The average Bonchev–Trinajstić information content (AvgIpc) is 2.34. The molecule has 0 radical (unpaired) electrons. The van der Waals surface area contributed by atoms with Crippen LogP contribution in [0, 0.1) is 0 Å². The summed E-state index contributed by atoms with van der Waals surface area (Å²) in [5.41, 5.74) is 7.05. The van der Waals surface area contributed by atoms with Crippen LogP contribution in [-0.2, 0) is 16.4 Å². The van der Waals surface area contributed by atoms with Crippen LogP contribution in [0.15, 0.2) is 24.3 Å². The Balaban J connectivity index is 2.41. The third kappa shape index (κ3) is 6.32. The van der Waals surface area contributed by atoms with Crippen molar-refractivity contribution in [2.45, 2.75) is 12.8 Å². The predicted octanol–water partition coefficient (Wildman–Crippen LogP) is -0.404. The van der Waals surface area contributed by atoms with Gasteiger partial charge in [-0.1, -0.05) is 12.1 Å². The Labute approximate surface area is 113 Å². The van der Waals surface area contributed by atoms with Gasteiger partial charge in [-0.2, -0.15) is 0 Å². The highest BCUT2D eigenvalue weighted by molar-refractivity contribution is 7.89. The number of nitrogens with one attached hydrogen (secondary N) is 1. The van der Waals surface area contributed by atoms with Gasteiger partial charge in [0.15, 0.2) is 0 Å². The van der Waals surface area contributed by atoms with E-state index in [1.807, 2.05) is 12.1 Å². The first kappa shape index (κ1) is 15.6. The zero-order chi connectivity index (χ0) is 14.3. The quantitative estimate of drug-likeness (QED) is 0.591. The molecular formula is C12H19N3O3S. The summed E-state index contributed by atoms with van der Waals surface area (Å²) in [5.74, 6) is -0.364. The fourth-order valence-electron chi connectivity index (χ4n) is 1.57. The van der Waals surface area contributed by atoms with Gasteiger partial charge in [0.2, 0.25) is 10.0 Å². The van der Waals surface area contributed by atoms with Crippen molar-refractivity contribution in [1.29, 1.82) is 0 Å². The van der Waals surface area contributed by atoms with Gasteiger partial charge in [-0.15, -0.1) is 0 Å². The monoisotopic (exact) mass is 285 g/mol. The van der Waals surface area contributed by atoms with E-state index in [4.69, 9.17) is 10.9 Å². The number of benzene rings is 1. The van der Waals surface area contributed by atoms with Gasteiger partial charge in [-0.3, -0.25) is 4.79 Å². The number of amides is 1. The van der Waals surface area contributed by atoms with Crippen molar-refractivity contribution in [3.8, 4) is 0 Å². The fourth-order valence-corrected chi connectivity index (χ4v) is 2.11. The van der Waals surface area contributed by atoms with E-state index in [1.165, 1.54) is 0 Å². The van der Waals surface area contributed by atoms with Gasteiger partial charge >= 0.3 is 0 Å². The average molecular weight is 285 g/mol. The second-order valence-electron chi connectivity index (χ2n) is 4.21. The van der Waals surface area contributed by atoms with Crippen molar-refractivity contribution in [1.82, 2.24) is 5.32 Å². The van der Waals surface area contributed by atoms with Gasteiger partial charge < -0.3 is 11.1 Å². The molecule has 5 N–H and O–H groups in total. The number of hydrogen-bond acceptors (Lipinski definition) is 4. The van der Waals surface area contributed by atoms with E-state index >= 15 is 0 Å². The Morgan fingerprint density at radius 2 is 1.84 bits per heavy atom. The second kappa shape index (κ2) is 7.22. The molecule has 0 spiro atoms. The second-order valence-corrected chi connectivity index (χ2v) is 5.95. The van der Waals surface area contributed by atoms with E-state index in [0.29, 0.717) is 18.5 Å². The van der Waals surface area contributed by atoms with E-state index in [-0.39, 0.29) is 18.2 Å². The number of rotatable bonds is 7. The molecule has 0 atom stereocenters. The topological polar surface area (TPSA) is 115 Å². The van der Waals surface area contributed by atoms with Crippen LogP contribution in [0.25, 0.3) is 0 Å². The van der Waals surface area contributed by atoms with Gasteiger partial charge in [0, 0.05) is 12.1 Å². The standard InChI is InChI=1S/C12H19N3O3S/c13-7-6-10-2-4-11(5-3-10)12(16)15-8-1-9-19(14,17)18/h2-5H,1,6-9,13H2,(H,15,16)(H2,14,17,18). The highest BCUT2D eigenvalue weighted by Gasteiger charge is 2.06. The molecule has 1 rings (SSSR count). The van der Waals surface area contributed by atoms with Crippen LogP contribution in [-0.4, -0.2) is 33.2 Å². The van der Waals surface area contributed by atoms with E-state index in [9.17, 15) is 13.2 Å². The van der Waals surface area contributed by atoms with E-state index in [0.717, 1.165) is 12.0 Å². The maximum Gasteiger partial charge on any atom is 0.251 e. The van der Waals surface area contributed by atoms with E-state index in [1.54, 1.807) is 12.1 Å². The maximum atomic E-state index is 11.7. The SMILES string of the molecule is NCCc1ccc(C(=O)NCCCS(N)(=O)=O)cc1. The minimum absolute atomic E-state index is 0.136. The predicted molar refractivity (Wildman–Crippen MR) is 74.1 cm³/mol. The smallest absolute Gasteiger partial charge is 0.251 e. The minimum Gasteiger partial charge on any atom is -0.352 e. The molecule has 7 heteroatoms. The molecule has 1 aromatic rings. The van der Waals surface area contributed by atoms with Gasteiger partial charge in [-0.05, 0) is 37.1 Å². The molecule has 1 aromatic carbocycles. The lowest BCUT2D eigenvalue weighted by molar-refractivity contribution is 0.0953. The van der Waals surface area contributed by atoms with E-state index < -0.39 is 10.0 Å². The van der Waals surface area contributed by atoms with Crippen LogP contribution in [0.4, 0.5) is 0 Å². The Morgan fingerprint density at radius 1 is 1.21 bits per heavy atom. The molecule has 1 amide bonds. The maximum absolute atomic E-state index is 11.7. The zero-order valence-electron chi connectivity index (χ0n) is 10.6. The van der Waals surface area contributed by atoms with Crippen LogP contribution in [0.3, 0.4) is 0 Å². The molecule has 106 valence electrons. The third-order valence-electron chi connectivity index (χ3n) is 2.54. The first-order chi connectivity index (χ1) is 8.92. The van der Waals surface area contributed by atoms with Crippen LogP contribution in [0.1, 0.15) is 22.3 Å². The summed E-state index contributed by atoms with van der Waals surface area (Å²) < 4.78 is 21.4. The summed E-state index contributed by atoms with van der Waals surface area (Å²) in [5, 5.41) is 7.50. The molecule has 0 bridgehead atoms. The van der Waals surface area contributed by atoms with Crippen molar-refractivity contribution in [2.24, 2.45) is 10.9 Å². The summed E-state index contributed by atoms with van der Waals surface area (Å²) in [6.07, 6.45) is 1.08. The fraction of sp³-hybridized carbons (Fsp3) is 0.417. The molecule has 0 aliphatic rings. The Hall–Kier alpha value is -1.44. The van der Waals surface area contributed by atoms with Crippen molar-refractivity contribution in [3.63, 3.8) is 0 Å². The largest absolute Gasteiger partial charge is 0.352 e. The Kier molecular flexibility index (Phi) is 5.94. The summed E-state index contributed by atoms with van der Waals surface area (Å²) >= 11 is 0.